The fraction of sp³-hybridized carbons (Fsp3) is 0.0952. The molecular formula is C21H17NO2. The highest BCUT2D eigenvalue weighted by molar-refractivity contribution is 6.00. The molecule has 1 heterocycles. The topological polar surface area (TPSA) is 40.5 Å². The minimum absolute atomic E-state index is 0.152. The van der Waals surface area contributed by atoms with E-state index in [1.165, 1.54) is 0 Å². The Labute approximate surface area is 140 Å². The fourth-order valence-corrected chi connectivity index (χ4v) is 3.35. The van der Waals surface area contributed by atoms with Gasteiger partial charge < -0.3 is 5.11 Å². The summed E-state index contributed by atoms with van der Waals surface area (Å²) in [4.78, 5) is 14.5. The third kappa shape index (κ3) is 2.14. The van der Waals surface area contributed by atoms with Crippen LogP contribution in [-0.2, 0) is 12.3 Å². The molecule has 24 heavy (non-hydrogen) atoms. The van der Waals surface area contributed by atoms with Gasteiger partial charge in [0.1, 0.15) is 0 Å². The molecule has 1 amide bonds. The van der Waals surface area contributed by atoms with Crippen LogP contribution in [0.2, 0.25) is 0 Å². The summed E-state index contributed by atoms with van der Waals surface area (Å²) in [6, 6.07) is 26.4. The number of benzene rings is 3. The average molecular weight is 315 g/mol. The quantitative estimate of drug-likeness (QED) is 0.803. The van der Waals surface area contributed by atoms with E-state index in [0.29, 0.717) is 23.2 Å². The average Bonchev–Trinajstić information content (AvgIpc) is 2.87. The molecule has 0 aliphatic carbocycles. The van der Waals surface area contributed by atoms with E-state index in [0.717, 1.165) is 5.56 Å². The molecular weight excluding hydrogens is 298 g/mol. The number of rotatable bonds is 3. The van der Waals surface area contributed by atoms with E-state index in [1.807, 2.05) is 78.9 Å². The normalized spacial score (nSPS) is 19.4. The SMILES string of the molecule is O=C1c2ccccc2[C@](O)(c2ccccc2)N1Cc1ccccc1. The number of fused-ring (bicyclic) bond motifs is 1. The maximum Gasteiger partial charge on any atom is 0.257 e. The van der Waals surface area contributed by atoms with E-state index in [9.17, 15) is 9.90 Å². The lowest BCUT2D eigenvalue weighted by molar-refractivity contribution is -0.0542. The molecule has 0 fully saturated rings. The van der Waals surface area contributed by atoms with Crippen LogP contribution in [0.15, 0.2) is 84.9 Å². The molecule has 118 valence electrons. The number of amides is 1. The molecule has 1 aliphatic rings. The third-order valence-electron chi connectivity index (χ3n) is 4.53. The van der Waals surface area contributed by atoms with Gasteiger partial charge in [-0.25, -0.2) is 0 Å². The van der Waals surface area contributed by atoms with Crippen LogP contribution < -0.4 is 0 Å². The summed E-state index contributed by atoms with van der Waals surface area (Å²) >= 11 is 0. The van der Waals surface area contributed by atoms with Gasteiger partial charge in [-0.2, -0.15) is 0 Å². The second kappa shape index (κ2) is 5.62. The van der Waals surface area contributed by atoms with Crippen molar-refractivity contribution >= 4 is 5.91 Å². The highest BCUT2D eigenvalue weighted by Gasteiger charge is 2.49. The van der Waals surface area contributed by atoms with Crippen LogP contribution >= 0.6 is 0 Å². The molecule has 0 saturated heterocycles. The van der Waals surface area contributed by atoms with Gasteiger partial charge in [0.25, 0.3) is 5.91 Å². The lowest BCUT2D eigenvalue weighted by atomic mass is 9.93. The van der Waals surface area contributed by atoms with Crippen molar-refractivity contribution in [2.45, 2.75) is 12.3 Å². The molecule has 3 aromatic rings. The Morgan fingerprint density at radius 2 is 1.38 bits per heavy atom. The predicted molar refractivity (Wildman–Crippen MR) is 92.2 cm³/mol. The van der Waals surface area contributed by atoms with Gasteiger partial charge in [-0.3, -0.25) is 9.69 Å². The van der Waals surface area contributed by atoms with Crippen LogP contribution in [0, 0.1) is 0 Å². The monoisotopic (exact) mass is 315 g/mol. The molecule has 1 N–H and O–H groups in total. The van der Waals surface area contributed by atoms with Crippen LogP contribution in [0.1, 0.15) is 27.0 Å². The third-order valence-corrected chi connectivity index (χ3v) is 4.53. The first-order valence-electron chi connectivity index (χ1n) is 7.94. The predicted octanol–water partition coefficient (Wildman–Crippen LogP) is 3.54. The summed E-state index contributed by atoms with van der Waals surface area (Å²) in [7, 11) is 0. The van der Waals surface area contributed by atoms with Crippen molar-refractivity contribution in [3.63, 3.8) is 0 Å². The number of hydrogen-bond acceptors (Lipinski definition) is 2. The molecule has 1 atom stereocenters. The summed E-state index contributed by atoms with van der Waals surface area (Å²) < 4.78 is 0. The van der Waals surface area contributed by atoms with E-state index >= 15 is 0 Å². The Kier molecular flexibility index (Phi) is 3.44. The first-order valence-corrected chi connectivity index (χ1v) is 7.94. The van der Waals surface area contributed by atoms with Gasteiger partial charge in [0.05, 0.1) is 0 Å². The van der Waals surface area contributed by atoms with Crippen LogP contribution in [0.5, 0.6) is 0 Å². The second-order valence-corrected chi connectivity index (χ2v) is 5.96. The van der Waals surface area contributed by atoms with Crippen molar-refractivity contribution in [3.8, 4) is 0 Å². The smallest absolute Gasteiger partial charge is 0.257 e. The lowest BCUT2D eigenvalue weighted by Crippen LogP contribution is -2.44. The van der Waals surface area contributed by atoms with E-state index in [-0.39, 0.29) is 5.91 Å². The Bertz CT molecular complexity index is 877. The molecule has 0 radical (unpaired) electrons. The fourth-order valence-electron chi connectivity index (χ4n) is 3.35. The minimum Gasteiger partial charge on any atom is -0.363 e. The Balaban J connectivity index is 1.87. The standard InChI is InChI=1S/C21H17NO2/c23-20-18-13-7-8-14-19(18)21(24,17-11-5-2-6-12-17)22(20)15-16-9-3-1-4-10-16/h1-14,24H,15H2/t21-/m1/s1. The second-order valence-electron chi connectivity index (χ2n) is 5.96. The molecule has 0 unspecified atom stereocenters. The number of carbonyl (C=O) groups excluding carboxylic acids is 1. The van der Waals surface area contributed by atoms with Gasteiger partial charge in [0.15, 0.2) is 5.72 Å². The van der Waals surface area contributed by atoms with E-state index in [2.05, 4.69) is 0 Å². The van der Waals surface area contributed by atoms with Gasteiger partial charge in [-0.1, -0.05) is 78.9 Å². The zero-order valence-electron chi connectivity index (χ0n) is 13.1. The maximum atomic E-state index is 13.0. The Hall–Kier alpha value is -2.91. The van der Waals surface area contributed by atoms with E-state index in [1.54, 1.807) is 11.0 Å². The molecule has 1 aliphatic heterocycles. The molecule has 4 rings (SSSR count). The van der Waals surface area contributed by atoms with Gasteiger partial charge >= 0.3 is 0 Å². The minimum atomic E-state index is -1.45. The first-order chi connectivity index (χ1) is 11.7. The largest absolute Gasteiger partial charge is 0.363 e. The summed E-state index contributed by atoms with van der Waals surface area (Å²) in [5, 5.41) is 11.6. The summed E-state index contributed by atoms with van der Waals surface area (Å²) in [6.07, 6.45) is 0. The van der Waals surface area contributed by atoms with Crippen molar-refractivity contribution in [2.24, 2.45) is 0 Å². The van der Waals surface area contributed by atoms with Crippen LogP contribution in [0.25, 0.3) is 0 Å². The van der Waals surface area contributed by atoms with Crippen molar-refractivity contribution in [1.29, 1.82) is 0 Å². The number of nitrogens with zero attached hydrogens (tertiary/aromatic N) is 1. The van der Waals surface area contributed by atoms with Crippen molar-refractivity contribution in [1.82, 2.24) is 4.90 Å². The molecule has 0 aromatic heterocycles. The van der Waals surface area contributed by atoms with Crippen LogP contribution in [0.3, 0.4) is 0 Å². The summed E-state index contributed by atoms with van der Waals surface area (Å²) in [5.41, 5.74) is 1.41. The maximum absolute atomic E-state index is 13.0. The molecule has 0 bridgehead atoms. The number of aliphatic hydroxyl groups is 1. The zero-order valence-corrected chi connectivity index (χ0v) is 13.1. The first kappa shape index (κ1) is 14.7. The van der Waals surface area contributed by atoms with Crippen molar-refractivity contribution < 1.29 is 9.90 Å². The van der Waals surface area contributed by atoms with E-state index in [4.69, 9.17) is 0 Å². The summed E-state index contributed by atoms with van der Waals surface area (Å²) in [6.45, 7) is 0.347. The molecule has 3 aromatic carbocycles. The van der Waals surface area contributed by atoms with Gasteiger partial charge in [0, 0.05) is 23.2 Å². The Morgan fingerprint density at radius 3 is 2.08 bits per heavy atom. The van der Waals surface area contributed by atoms with Crippen LogP contribution in [-0.4, -0.2) is 15.9 Å². The van der Waals surface area contributed by atoms with Gasteiger partial charge in [-0.05, 0) is 11.6 Å². The summed E-state index contributed by atoms with van der Waals surface area (Å²) in [5.74, 6) is -0.152. The number of hydrogen-bond donors (Lipinski definition) is 1. The van der Waals surface area contributed by atoms with Crippen molar-refractivity contribution in [2.75, 3.05) is 0 Å². The zero-order chi connectivity index (χ0) is 16.6. The lowest BCUT2D eigenvalue weighted by Gasteiger charge is -2.35. The highest BCUT2D eigenvalue weighted by atomic mass is 16.3. The van der Waals surface area contributed by atoms with Gasteiger partial charge in [0.2, 0.25) is 0 Å². The molecule has 3 nitrogen and oxygen atoms in total. The van der Waals surface area contributed by atoms with E-state index < -0.39 is 5.72 Å². The van der Waals surface area contributed by atoms with Crippen LogP contribution in [0.4, 0.5) is 0 Å². The molecule has 0 saturated carbocycles. The molecule has 3 heteroatoms. The highest BCUT2D eigenvalue weighted by Crippen LogP contribution is 2.42. The Morgan fingerprint density at radius 1 is 0.792 bits per heavy atom. The van der Waals surface area contributed by atoms with Crippen molar-refractivity contribution in [3.05, 3.63) is 107 Å². The number of carbonyl (C=O) groups is 1. The molecule has 0 spiro atoms. The van der Waals surface area contributed by atoms with Gasteiger partial charge in [-0.15, -0.1) is 0 Å².